The van der Waals surface area contributed by atoms with Crippen LogP contribution in [0.3, 0.4) is 0 Å². The number of nitrogens with one attached hydrogen (secondary N) is 2. The minimum atomic E-state index is -0.472. The van der Waals surface area contributed by atoms with Crippen LogP contribution in [0.4, 0.5) is 0 Å². The first kappa shape index (κ1) is 16.7. The van der Waals surface area contributed by atoms with Crippen LogP contribution in [-0.2, 0) is 9.53 Å². The SMILES string of the molecule is O=C(NC(C(=O)N1CCOCC1)C1CC1)c1c[nH]c2ncc(C3CC3)nc12. The van der Waals surface area contributed by atoms with Gasteiger partial charge in [-0.2, -0.15) is 0 Å². The predicted molar refractivity (Wildman–Crippen MR) is 97.2 cm³/mol. The van der Waals surface area contributed by atoms with Crippen molar-refractivity contribution >= 4 is 23.0 Å². The van der Waals surface area contributed by atoms with E-state index < -0.39 is 6.04 Å². The summed E-state index contributed by atoms with van der Waals surface area (Å²) in [5, 5.41) is 2.98. The molecule has 2 aromatic rings. The minimum Gasteiger partial charge on any atom is -0.378 e. The average molecular weight is 369 g/mol. The molecular formula is C19H23N5O3. The van der Waals surface area contributed by atoms with Crippen LogP contribution in [0.15, 0.2) is 12.4 Å². The van der Waals surface area contributed by atoms with Gasteiger partial charge >= 0.3 is 0 Å². The van der Waals surface area contributed by atoms with Gasteiger partial charge in [-0.1, -0.05) is 0 Å². The largest absolute Gasteiger partial charge is 0.378 e. The summed E-state index contributed by atoms with van der Waals surface area (Å²) in [6, 6.07) is -0.472. The van der Waals surface area contributed by atoms with Gasteiger partial charge in [0.05, 0.1) is 30.7 Å². The maximum absolute atomic E-state index is 13.0. The van der Waals surface area contributed by atoms with E-state index in [4.69, 9.17) is 4.74 Å². The van der Waals surface area contributed by atoms with Gasteiger partial charge in [-0.3, -0.25) is 9.59 Å². The molecule has 2 saturated carbocycles. The van der Waals surface area contributed by atoms with Crippen LogP contribution in [-0.4, -0.2) is 64.0 Å². The maximum atomic E-state index is 13.0. The second kappa shape index (κ2) is 6.60. The molecule has 8 nitrogen and oxygen atoms in total. The summed E-state index contributed by atoms with van der Waals surface area (Å²) in [6.07, 6.45) is 7.63. The Balaban J connectivity index is 1.37. The third-order valence-electron chi connectivity index (χ3n) is 5.61. The van der Waals surface area contributed by atoms with Crippen molar-refractivity contribution in [1.29, 1.82) is 0 Å². The summed E-state index contributed by atoms with van der Waals surface area (Å²) >= 11 is 0. The molecule has 0 aromatic carbocycles. The number of nitrogens with zero attached hydrogens (tertiary/aromatic N) is 3. The number of amides is 2. The molecule has 1 unspecified atom stereocenters. The Labute approximate surface area is 156 Å². The second-order valence-corrected chi connectivity index (χ2v) is 7.69. The third-order valence-corrected chi connectivity index (χ3v) is 5.61. The fourth-order valence-electron chi connectivity index (χ4n) is 3.66. The van der Waals surface area contributed by atoms with E-state index in [1.54, 1.807) is 17.3 Å². The van der Waals surface area contributed by atoms with E-state index in [1.165, 1.54) is 0 Å². The van der Waals surface area contributed by atoms with Crippen LogP contribution in [0.1, 0.15) is 47.7 Å². The highest BCUT2D eigenvalue weighted by Crippen LogP contribution is 2.39. The smallest absolute Gasteiger partial charge is 0.255 e. The molecule has 2 amide bonds. The number of H-pyrrole nitrogens is 1. The number of ether oxygens (including phenoxy) is 1. The zero-order chi connectivity index (χ0) is 18.4. The van der Waals surface area contributed by atoms with Gasteiger partial charge in [0.2, 0.25) is 5.91 Å². The molecule has 1 aliphatic heterocycles. The van der Waals surface area contributed by atoms with E-state index in [1.807, 2.05) is 0 Å². The molecule has 27 heavy (non-hydrogen) atoms. The lowest BCUT2D eigenvalue weighted by atomic mass is 10.1. The van der Waals surface area contributed by atoms with Crippen molar-refractivity contribution in [3.63, 3.8) is 0 Å². The summed E-state index contributed by atoms with van der Waals surface area (Å²) in [5.41, 5.74) is 2.59. The van der Waals surface area contributed by atoms with Crippen LogP contribution >= 0.6 is 0 Å². The van der Waals surface area contributed by atoms with E-state index in [0.29, 0.717) is 48.9 Å². The van der Waals surface area contributed by atoms with Crippen LogP contribution in [0, 0.1) is 5.92 Å². The zero-order valence-corrected chi connectivity index (χ0v) is 15.1. The number of carbonyl (C=O) groups is 2. The van der Waals surface area contributed by atoms with Crippen molar-refractivity contribution in [3.05, 3.63) is 23.7 Å². The lowest BCUT2D eigenvalue weighted by Gasteiger charge is -2.30. The number of fused-ring (bicyclic) bond motifs is 1. The predicted octanol–water partition coefficient (Wildman–Crippen LogP) is 1.20. The number of hydrogen-bond donors (Lipinski definition) is 2. The lowest BCUT2D eigenvalue weighted by molar-refractivity contribution is -0.137. The van der Waals surface area contributed by atoms with Crippen molar-refractivity contribution in [1.82, 2.24) is 25.2 Å². The molecule has 0 radical (unpaired) electrons. The molecule has 3 heterocycles. The van der Waals surface area contributed by atoms with Crippen LogP contribution in [0.2, 0.25) is 0 Å². The first-order valence-electron chi connectivity index (χ1n) is 9.72. The van der Waals surface area contributed by atoms with Gasteiger partial charge < -0.3 is 19.9 Å². The Bertz CT molecular complexity index is 881. The third kappa shape index (κ3) is 3.29. The lowest BCUT2D eigenvalue weighted by Crippen LogP contribution is -2.52. The number of morpholine rings is 1. The molecule has 1 saturated heterocycles. The van der Waals surface area contributed by atoms with Gasteiger partial charge in [0.25, 0.3) is 5.91 Å². The molecule has 2 aliphatic carbocycles. The number of carbonyl (C=O) groups excluding carboxylic acids is 2. The Hall–Kier alpha value is -2.48. The monoisotopic (exact) mass is 369 g/mol. The summed E-state index contributed by atoms with van der Waals surface area (Å²) in [5.74, 6) is 0.429. The summed E-state index contributed by atoms with van der Waals surface area (Å²) in [6.45, 7) is 2.28. The van der Waals surface area contributed by atoms with Gasteiger partial charge in [0.15, 0.2) is 5.65 Å². The molecule has 3 fully saturated rings. The fourth-order valence-corrected chi connectivity index (χ4v) is 3.66. The zero-order valence-electron chi connectivity index (χ0n) is 15.1. The molecule has 2 aromatic heterocycles. The van der Waals surface area contributed by atoms with Gasteiger partial charge in [-0.05, 0) is 31.6 Å². The second-order valence-electron chi connectivity index (χ2n) is 7.69. The molecular weight excluding hydrogens is 346 g/mol. The average Bonchev–Trinajstić information content (AvgIpc) is 3.62. The van der Waals surface area contributed by atoms with Gasteiger partial charge in [0, 0.05) is 25.2 Å². The Morgan fingerprint density at radius 3 is 2.70 bits per heavy atom. The normalized spacial score (nSPS) is 21.3. The maximum Gasteiger partial charge on any atom is 0.255 e. The van der Waals surface area contributed by atoms with Crippen LogP contribution in [0.25, 0.3) is 11.2 Å². The van der Waals surface area contributed by atoms with Crippen molar-refractivity contribution in [2.75, 3.05) is 26.3 Å². The molecule has 1 atom stereocenters. The van der Waals surface area contributed by atoms with E-state index in [2.05, 4.69) is 20.3 Å². The van der Waals surface area contributed by atoms with E-state index in [-0.39, 0.29) is 17.7 Å². The Morgan fingerprint density at radius 2 is 2.00 bits per heavy atom. The number of rotatable bonds is 5. The standard InChI is InChI=1S/C19H23N5O3/c25-18(13-9-20-17-16(13)22-14(10-21-17)11-1-2-11)23-15(12-3-4-12)19(26)24-5-7-27-8-6-24/h9-12,15H,1-8H2,(H,20,21)(H,23,25). The number of aromatic nitrogens is 3. The van der Waals surface area contributed by atoms with Gasteiger partial charge in [-0.25, -0.2) is 9.97 Å². The van der Waals surface area contributed by atoms with E-state index in [9.17, 15) is 9.59 Å². The molecule has 5 rings (SSSR count). The first-order chi connectivity index (χ1) is 13.2. The van der Waals surface area contributed by atoms with E-state index >= 15 is 0 Å². The molecule has 0 spiro atoms. The van der Waals surface area contributed by atoms with Crippen LogP contribution in [0.5, 0.6) is 0 Å². The minimum absolute atomic E-state index is 0.00116. The summed E-state index contributed by atoms with van der Waals surface area (Å²) in [7, 11) is 0. The van der Waals surface area contributed by atoms with Crippen molar-refractivity contribution < 1.29 is 14.3 Å². The Kier molecular flexibility index (Phi) is 4.07. The highest BCUT2D eigenvalue weighted by Gasteiger charge is 2.40. The van der Waals surface area contributed by atoms with Crippen molar-refractivity contribution in [2.24, 2.45) is 5.92 Å². The first-order valence-corrected chi connectivity index (χ1v) is 9.72. The van der Waals surface area contributed by atoms with Gasteiger partial charge in [0.1, 0.15) is 11.6 Å². The topological polar surface area (TPSA) is 100 Å². The quantitative estimate of drug-likeness (QED) is 0.825. The highest BCUT2D eigenvalue weighted by molar-refractivity contribution is 6.06. The summed E-state index contributed by atoms with van der Waals surface area (Å²) < 4.78 is 5.33. The molecule has 3 aliphatic rings. The highest BCUT2D eigenvalue weighted by atomic mass is 16.5. The van der Waals surface area contributed by atoms with Gasteiger partial charge in [-0.15, -0.1) is 0 Å². The molecule has 0 bridgehead atoms. The number of aromatic amines is 1. The number of hydrogen-bond acceptors (Lipinski definition) is 5. The van der Waals surface area contributed by atoms with Crippen molar-refractivity contribution in [3.8, 4) is 0 Å². The molecule has 2 N–H and O–H groups in total. The summed E-state index contributed by atoms with van der Waals surface area (Å²) in [4.78, 5) is 39.7. The molecule has 8 heteroatoms. The van der Waals surface area contributed by atoms with Crippen molar-refractivity contribution in [2.45, 2.75) is 37.6 Å². The fraction of sp³-hybridized carbons (Fsp3) is 0.579. The van der Waals surface area contributed by atoms with Crippen LogP contribution < -0.4 is 5.32 Å². The Morgan fingerprint density at radius 1 is 1.22 bits per heavy atom. The van der Waals surface area contributed by atoms with E-state index in [0.717, 1.165) is 31.4 Å². The molecule has 142 valence electrons.